The lowest BCUT2D eigenvalue weighted by molar-refractivity contribution is -0.381. The van der Waals surface area contributed by atoms with Crippen LogP contribution in [0.25, 0.3) is 6.08 Å². The molecule has 1 N–H and O–H groups in total. The Balaban J connectivity index is 1.89. The monoisotopic (exact) mass is 406 g/mol. The van der Waals surface area contributed by atoms with Gasteiger partial charge in [-0.2, -0.15) is 4.99 Å². The first-order valence-electron chi connectivity index (χ1n) is 7.84. The molecule has 1 aliphatic rings. The molecule has 1 amide bonds. The van der Waals surface area contributed by atoms with Gasteiger partial charge in [-0.3, -0.25) is 14.9 Å². The maximum absolute atomic E-state index is 13.3. The van der Waals surface area contributed by atoms with Gasteiger partial charge in [-0.05, 0) is 46.9 Å². The number of thioether (sulfide) groups is 1. The Morgan fingerprint density at radius 2 is 2.11 bits per heavy atom. The summed E-state index contributed by atoms with van der Waals surface area (Å²) in [7, 11) is 0. The van der Waals surface area contributed by atoms with E-state index in [1.54, 1.807) is 18.2 Å². The van der Waals surface area contributed by atoms with Gasteiger partial charge in [0.1, 0.15) is 11.5 Å². The van der Waals surface area contributed by atoms with Crippen LogP contribution in [-0.2, 0) is 10.2 Å². The Hall–Kier alpha value is -2.59. The second-order valence-corrected chi connectivity index (χ2v) is 8.68. The van der Waals surface area contributed by atoms with Crippen LogP contribution in [0.4, 0.5) is 14.5 Å². The van der Waals surface area contributed by atoms with Gasteiger partial charge < -0.3 is 5.32 Å². The summed E-state index contributed by atoms with van der Waals surface area (Å²) in [5, 5.41) is 14.3. The van der Waals surface area contributed by atoms with E-state index in [4.69, 9.17) is 0 Å². The second-order valence-electron chi connectivity index (χ2n) is 6.69. The number of nitrogens with zero attached hydrogens (tertiary/aromatic N) is 3. The number of aliphatic imine (C=N–C) groups is 1. The van der Waals surface area contributed by atoms with Gasteiger partial charge in [0.25, 0.3) is 5.91 Å². The number of benzene rings is 1. The molecule has 0 unspecified atom stereocenters. The minimum Gasteiger partial charge on any atom is -0.300 e. The van der Waals surface area contributed by atoms with Crippen LogP contribution in [0.5, 0.6) is 0 Å². The molecule has 0 atom stereocenters. The number of thiazole rings is 1. The number of aromatic nitrogens is 1. The Morgan fingerprint density at radius 3 is 2.70 bits per heavy atom. The Kier molecular flexibility index (Phi) is 5.11. The molecule has 1 aromatic heterocycles. The van der Waals surface area contributed by atoms with Crippen LogP contribution >= 0.6 is 23.1 Å². The highest BCUT2D eigenvalue weighted by atomic mass is 32.2. The van der Waals surface area contributed by atoms with E-state index in [-0.39, 0.29) is 21.2 Å². The SMILES string of the molecule is CC(C)(C)c1nc(/N=C2\NC(=O)/C(=C/c3cccc(F)c3)S2)sc1[N+](=O)[O-]. The Labute approximate surface area is 162 Å². The molecule has 0 saturated carbocycles. The molecule has 0 bridgehead atoms. The summed E-state index contributed by atoms with van der Waals surface area (Å²) >= 11 is 1.93. The lowest BCUT2D eigenvalue weighted by Gasteiger charge is -2.13. The van der Waals surface area contributed by atoms with Gasteiger partial charge in [-0.15, -0.1) is 0 Å². The van der Waals surface area contributed by atoms with Crippen molar-refractivity contribution >= 4 is 50.4 Å². The third-order valence-electron chi connectivity index (χ3n) is 3.47. The van der Waals surface area contributed by atoms with Crippen molar-refractivity contribution in [3.63, 3.8) is 0 Å². The second kappa shape index (κ2) is 7.20. The highest BCUT2D eigenvalue weighted by Gasteiger charge is 2.31. The highest BCUT2D eigenvalue weighted by molar-refractivity contribution is 8.18. The fourth-order valence-electron chi connectivity index (χ4n) is 2.28. The number of rotatable bonds is 3. The van der Waals surface area contributed by atoms with E-state index in [2.05, 4.69) is 15.3 Å². The van der Waals surface area contributed by atoms with Gasteiger partial charge in [0.15, 0.2) is 5.17 Å². The zero-order chi connectivity index (χ0) is 19.8. The normalized spacial score (nSPS) is 17.6. The van der Waals surface area contributed by atoms with E-state index in [1.165, 1.54) is 12.1 Å². The predicted octanol–water partition coefficient (Wildman–Crippen LogP) is 4.38. The van der Waals surface area contributed by atoms with Crippen molar-refractivity contribution in [2.75, 3.05) is 0 Å². The standard InChI is InChI=1S/C17H15FN4O3S2/c1-17(2,3)12-14(22(24)25)27-15(19-12)21-16-20-13(23)11(26-16)8-9-5-4-6-10(18)7-9/h4-8H,1-3H3,(H,19,20,21,23)/b11-8-. The van der Waals surface area contributed by atoms with Crippen molar-refractivity contribution in [3.8, 4) is 0 Å². The van der Waals surface area contributed by atoms with Gasteiger partial charge >= 0.3 is 5.00 Å². The third kappa shape index (κ3) is 4.40. The fourth-order valence-corrected chi connectivity index (χ4v) is 4.13. The molecule has 2 heterocycles. The summed E-state index contributed by atoms with van der Waals surface area (Å²) in [6.07, 6.45) is 1.55. The number of carbonyl (C=O) groups is 1. The predicted molar refractivity (Wildman–Crippen MR) is 105 cm³/mol. The van der Waals surface area contributed by atoms with E-state index in [0.29, 0.717) is 16.2 Å². The number of hydrogen-bond acceptors (Lipinski definition) is 7. The van der Waals surface area contributed by atoms with Crippen LogP contribution in [0.3, 0.4) is 0 Å². The number of nitro groups is 1. The zero-order valence-electron chi connectivity index (χ0n) is 14.6. The average Bonchev–Trinajstić information content (AvgIpc) is 3.12. The lowest BCUT2D eigenvalue weighted by Crippen LogP contribution is -2.19. The van der Waals surface area contributed by atoms with E-state index in [9.17, 15) is 19.3 Å². The summed E-state index contributed by atoms with van der Waals surface area (Å²) in [5.74, 6) is -0.767. The molecule has 3 rings (SSSR count). The quantitative estimate of drug-likeness (QED) is 0.463. The molecule has 1 aliphatic heterocycles. The summed E-state index contributed by atoms with van der Waals surface area (Å²) in [6.45, 7) is 5.49. The molecule has 1 fully saturated rings. The number of carbonyl (C=O) groups excluding carboxylic acids is 1. The van der Waals surface area contributed by atoms with Gasteiger partial charge in [-0.1, -0.05) is 32.9 Å². The Morgan fingerprint density at radius 1 is 1.37 bits per heavy atom. The van der Waals surface area contributed by atoms with Crippen molar-refractivity contribution < 1.29 is 14.1 Å². The molecule has 10 heteroatoms. The maximum Gasteiger partial charge on any atom is 0.349 e. The Bertz CT molecular complexity index is 992. The van der Waals surface area contributed by atoms with Crippen molar-refractivity contribution in [3.05, 3.63) is 56.4 Å². The molecule has 1 saturated heterocycles. The van der Waals surface area contributed by atoms with Crippen molar-refractivity contribution in [2.45, 2.75) is 26.2 Å². The van der Waals surface area contributed by atoms with Gasteiger partial charge in [0, 0.05) is 5.41 Å². The minimum absolute atomic E-state index is 0.0632. The van der Waals surface area contributed by atoms with Crippen LogP contribution in [0.1, 0.15) is 32.0 Å². The lowest BCUT2D eigenvalue weighted by atomic mass is 9.93. The molecule has 1 aromatic carbocycles. The number of nitrogens with one attached hydrogen (secondary N) is 1. The minimum atomic E-state index is -0.508. The van der Waals surface area contributed by atoms with E-state index in [0.717, 1.165) is 23.1 Å². The van der Waals surface area contributed by atoms with Crippen molar-refractivity contribution in [1.82, 2.24) is 10.3 Å². The molecule has 2 aromatic rings. The molecule has 0 radical (unpaired) electrons. The van der Waals surface area contributed by atoms with E-state index < -0.39 is 16.2 Å². The van der Waals surface area contributed by atoms with Crippen LogP contribution in [0.15, 0.2) is 34.2 Å². The fraction of sp³-hybridized carbons (Fsp3) is 0.235. The van der Waals surface area contributed by atoms with Crippen LogP contribution < -0.4 is 5.32 Å². The molecular formula is C17H15FN4O3S2. The van der Waals surface area contributed by atoms with E-state index >= 15 is 0 Å². The van der Waals surface area contributed by atoms with Crippen molar-refractivity contribution in [2.24, 2.45) is 4.99 Å². The summed E-state index contributed by atoms with van der Waals surface area (Å²) in [6, 6.07) is 5.87. The van der Waals surface area contributed by atoms with Crippen LogP contribution in [0, 0.1) is 15.9 Å². The van der Waals surface area contributed by atoms with Crippen molar-refractivity contribution in [1.29, 1.82) is 0 Å². The first-order valence-corrected chi connectivity index (χ1v) is 9.47. The molecule has 7 nitrogen and oxygen atoms in total. The topological polar surface area (TPSA) is 97.5 Å². The summed E-state index contributed by atoms with van der Waals surface area (Å²) in [5.41, 5.74) is 0.391. The number of amidine groups is 1. The number of amides is 1. The third-order valence-corrected chi connectivity index (χ3v) is 5.28. The van der Waals surface area contributed by atoms with E-state index in [1.807, 2.05) is 20.8 Å². The average molecular weight is 406 g/mol. The van der Waals surface area contributed by atoms with Gasteiger partial charge in [-0.25, -0.2) is 9.37 Å². The van der Waals surface area contributed by atoms with Gasteiger partial charge in [0.05, 0.1) is 9.83 Å². The molecular weight excluding hydrogens is 391 g/mol. The first kappa shape index (κ1) is 19.2. The largest absolute Gasteiger partial charge is 0.349 e. The summed E-state index contributed by atoms with van der Waals surface area (Å²) < 4.78 is 13.3. The highest BCUT2D eigenvalue weighted by Crippen LogP contribution is 2.39. The van der Waals surface area contributed by atoms with Gasteiger partial charge in [0.2, 0.25) is 5.13 Å². The molecule has 0 aliphatic carbocycles. The molecule has 140 valence electrons. The molecule has 0 spiro atoms. The maximum atomic E-state index is 13.3. The number of halogens is 1. The van der Waals surface area contributed by atoms with Crippen LogP contribution in [0.2, 0.25) is 0 Å². The smallest absolute Gasteiger partial charge is 0.300 e. The van der Waals surface area contributed by atoms with Crippen LogP contribution in [-0.4, -0.2) is 21.0 Å². The first-order chi connectivity index (χ1) is 12.6. The zero-order valence-corrected chi connectivity index (χ0v) is 16.3. The number of hydrogen-bond donors (Lipinski definition) is 1. The summed E-state index contributed by atoms with van der Waals surface area (Å²) in [4.78, 5) is 31.7. The molecule has 27 heavy (non-hydrogen) atoms.